The van der Waals surface area contributed by atoms with Crippen molar-refractivity contribution in [2.24, 2.45) is 5.92 Å². The van der Waals surface area contributed by atoms with Crippen molar-refractivity contribution in [1.29, 1.82) is 0 Å². The zero-order chi connectivity index (χ0) is 17.9. The monoisotopic (exact) mass is 350 g/mol. The summed E-state index contributed by atoms with van der Waals surface area (Å²) in [5.74, 6) is 1.42. The fourth-order valence-corrected chi connectivity index (χ4v) is 4.02. The van der Waals surface area contributed by atoms with Gasteiger partial charge in [-0.25, -0.2) is 4.98 Å². The van der Waals surface area contributed by atoms with Gasteiger partial charge in [0.1, 0.15) is 5.82 Å². The van der Waals surface area contributed by atoms with Gasteiger partial charge in [0, 0.05) is 12.7 Å². The van der Waals surface area contributed by atoms with E-state index in [0.29, 0.717) is 0 Å². The van der Waals surface area contributed by atoms with E-state index in [4.69, 9.17) is 4.98 Å². The summed E-state index contributed by atoms with van der Waals surface area (Å²) < 4.78 is 2.31. The van der Waals surface area contributed by atoms with Gasteiger partial charge in [-0.15, -0.1) is 0 Å². The number of nitrogens with zero attached hydrogens (tertiary/aromatic N) is 4. The second kappa shape index (κ2) is 7.56. The SMILES string of the molecule is CCn1c(CN2CCC(C(O)c3ccccn3)CC2)nc2ccccc21. The summed E-state index contributed by atoms with van der Waals surface area (Å²) in [5, 5.41) is 10.6. The highest BCUT2D eigenvalue weighted by Crippen LogP contribution is 2.30. The molecule has 4 rings (SSSR count). The number of para-hydroxylation sites is 2. The highest BCUT2D eigenvalue weighted by atomic mass is 16.3. The second-order valence-corrected chi connectivity index (χ2v) is 7.07. The van der Waals surface area contributed by atoms with Crippen molar-refractivity contribution in [2.45, 2.75) is 39.0 Å². The van der Waals surface area contributed by atoms with Gasteiger partial charge in [-0.1, -0.05) is 18.2 Å². The van der Waals surface area contributed by atoms with Crippen LogP contribution in [0.4, 0.5) is 0 Å². The first kappa shape index (κ1) is 17.2. The average molecular weight is 350 g/mol. The summed E-state index contributed by atoms with van der Waals surface area (Å²) in [6.07, 6.45) is 3.27. The van der Waals surface area contributed by atoms with Crippen LogP contribution in [0.1, 0.15) is 37.4 Å². The minimum Gasteiger partial charge on any atom is -0.387 e. The third-order valence-electron chi connectivity index (χ3n) is 5.48. The molecule has 1 unspecified atom stereocenters. The van der Waals surface area contributed by atoms with Crippen molar-refractivity contribution in [3.05, 3.63) is 60.2 Å². The van der Waals surface area contributed by atoms with E-state index >= 15 is 0 Å². The van der Waals surface area contributed by atoms with Crippen LogP contribution in [0.2, 0.25) is 0 Å². The van der Waals surface area contributed by atoms with Gasteiger partial charge in [-0.3, -0.25) is 9.88 Å². The van der Waals surface area contributed by atoms with E-state index in [2.05, 4.69) is 39.6 Å². The Balaban J connectivity index is 1.41. The van der Waals surface area contributed by atoms with E-state index in [-0.39, 0.29) is 5.92 Å². The van der Waals surface area contributed by atoms with Gasteiger partial charge in [-0.2, -0.15) is 0 Å². The van der Waals surface area contributed by atoms with Gasteiger partial charge >= 0.3 is 0 Å². The summed E-state index contributed by atoms with van der Waals surface area (Å²) in [5.41, 5.74) is 3.08. The summed E-state index contributed by atoms with van der Waals surface area (Å²) in [4.78, 5) is 11.6. The Kier molecular flexibility index (Phi) is 5.00. The number of aliphatic hydroxyl groups excluding tert-OH is 1. The number of hydrogen-bond acceptors (Lipinski definition) is 4. The molecule has 136 valence electrons. The maximum atomic E-state index is 10.6. The van der Waals surface area contributed by atoms with Crippen LogP contribution in [0.25, 0.3) is 11.0 Å². The van der Waals surface area contributed by atoms with Crippen LogP contribution in [-0.4, -0.2) is 37.6 Å². The molecule has 0 radical (unpaired) electrons. The molecule has 3 aromatic rings. The van der Waals surface area contributed by atoms with Crippen molar-refractivity contribution in [1.82, 2.24) is 19.4 Å². The van der Waals surface area contributed by atoms with Crippen molar-refractivity contribution >= 4 is 11.0 Å². The number of likely N-dealkylation sites (tertiary alicyclic amines) is 1. The molecule has 0 spiro atoms. The van der Waals surface area contributed by atoms with Gasteiger partial charge in [0.25, 0.3) is 0 Å². The van der Waals surface area contributed by atoms with E-state index in [1.807, 2.05) is 24.3 Å². The smallest absolute Gasteiger partial charge is 0.124 e. The molecule has 26 heavy (non-hydrogen) atoms. The normalized spacial score (nSPS) is 17.6. The van der Waals surface area contributed by atoms with Crippen LogP contribution in [0.15, 0.2) is 48.7 Å². The predicted molar refractivity (Wildman–Crippen MR) is 103 cm³/mol. The van der Waals surface area contributed by atoms with Crippen LogP contribution < -0.4 is 0 Å². The maximum Gasteiger partial charge on any atom is 0.124 e. The molecule has 1 aromatic carbocycles. The number of aryl methyl sites for hydroxylation is 1. The van der Waals surface area contributed by atoms with Crippen molar-refractivity contribution < 1.29 is 5.11 Å². The third-order valence-corrected chi connectivity index (χ3v) is 5.48. The Morgan fingerprint density at radius 3 is 2.62 bits per heavy atom. The lowest BCUT2D eigenvalue weighted by Gasteiger charge is -2.33. The standard InChI is InChI=1S/C21H26N4O/c1-2-25-19-9-4-3-7-17(19)23-20(25)15-24-13-10-16(11-14-24)21(26)18-8-5-6-12-22-18/h3-9,12,16,21,26H,2,10-11,13-15H2,1H3. The molecule has 1 N–H and O–H groups in total. The van der Waals surface area contributed by atoms with Crippen molar-refractivity contribution in [3.8, 4) is 0 Å². The van der Waals surface area contributed by atoms with Gasteiger partial charge in [0.05, 0.1) is 29.4 Å². The number of aliphatic hydroxyl groups is 1. The highest BCUT2D eigenvalue weighted by molar-refractivity contribution is 5.75. The molecule has 0 amide bonds. The minimum atomic E-state index is -0.460. The molecule has 0 bridgehead atoms. The Hall–Kier alpha value is -2.24. The Bertz CT molecular complexity index is 853. The molecule has 1 atom stereocenters. The number of fused-ring (bicyclic) bond motifs is 1. The van der Waals surface area contributed by atoms with Crippen LogP contribution in [0.5, 0.6) is 0 Å². The summed E-state index contributed by atoms with van der Waals surface area (Å²) in [6, 6.07) is 14.1. The van der Waals surface area contributed by atoms with E-state index in [0.717, 1.165) is 56.1 Å². The van der Waals surface area contributed by atoms with Gasteiger partial charge in [0.15, 0.2) is 0 Å². The Morgan fingerprint density at radius 1 is 1.12 bits per heavy atom. The number of aromatic nitrogens is 3. The third kappa shape index (κ3) is 3.37. The predicted octanol–water partition coefficient (Wildman–Crippen LogP) is 3.40. The second-order valence-electron chi connectivity index (χ2n) is 7.07. The molecule has 3 heterocycles. The lowest BCUT2D eigenvalue weighted by atomic mass is 9.89. The van der Waals surface area contributed by atoms with Gasteiger partial charge in [0.2, 0.25) is 0 Å². The average Bonchev–Trinajstić information content (AvgIpc) is 3.05. The zero-order valence-electron chi connectivity index (χ0n) is 15.3. The van der Waals surface area contributed by atoms with Crippen LogP contribution in [0, 0.1) is 5.92 Å². The fraction of sp³-hybridized carbons (Fsp3) is 0.429. The highest BCUT2D eigenvalue weighted by Gasteiger charge is 2.27. The zero-order valence-corrected chi connectivity index (χ0v) is 15.3. The molecule has 5 heteroatoms. The summed E-state index contributed by atoms with van der Waals surface area (Å²) >= 11 is 0. The van der Waals surface area contributed by atoms with Crippen molar-refractivity contribution in [2.75, 3.05) is 13.1 Å². The number of rotatable bonds is 5. The number of pyridine rings is 1. The molecule has 0 saturated carbocycles. The lowest BCUT2D eigenvalue weighted by Crippen LogP contribution is -2.36. The Morgan fingerprint density at radius 2 is 1.88 bits per heavy atom. The Labute approximate surface area is 154 Å². The number of imidazole rings is 1. The van der Waals surface area contributed by atoms with E-state index in [1.54, 1.807) is 6.20 Å². The lowest BCUT2D eigenvalue weighted by molar-refractivity contribution is 0.0530. The van der Waals surface area contributed by atoms with Crippen LogP contribution >= 0.6 is 0 Å². The van der Waals surface area contributed by atoms with E-state index in [9.17, 15) is 5.11 Å². The molecular weight excluding hydrogens is 324 g/mol. The first-order valence-electron chi connectivity index (χ1n) is 9.51. The van der Waals surface area contributed by atoms with Crippen LogP contribution in [-0.2, 0) is 13.1 Å². The molecule has 0 aliphatic carbocycles. The first-order valence-corrected chi connectivity index (χ1v) is 9.51. The quantitative estimate of drug-likeness (QED) is 0.766. The maximum absolute atomic E-state index is 10.6. The summed E-state index contributed by atoms with van der Waals surface area (Å²) in [6.45, 7) is 5.95. The molecule has 1 aliphatic rings. The molecule has 1 fully saturated rings. The molecule has 1 saturated heterocycles. The van der Waals surface area contributed by atoms with E-state index < -0.39 is 6.10 Å². The van der Waals surface area contributed by atoms with Gasteiger partial charge in [-0.05, 0) is 63.0 Å². The van der Waals surface area contributed by atoms with Crippen LogP contribution in [0.3, 0.4) is 0 Å². The molecular formula is C21H26N4O. The number of benzene rings is 1. The number of hydrogen-bond donors (Lipinski definition) is 1. The minimum absolute atomic E-state index is 0.283. The molecule has 5 nitrogen and oxygen atoms in total. The molecule has 2 aromatic heterocycles. The van der Waals surface area contributed by atoms with Crippen molar-refractivity contribution in [3.63, 3.8) is 0 Å². The largest absolute Gasteiger partial charge is 0.387 e. The fourth-order valence-electron chi connectivity index (χ4n) is 4.02. The number of piperidine rings is 1. The topological polar surface area (TPSA) is 54.2 Å². The summed E-state index contributed by atoms with van der Waals surface area (Å²) in [7, 11) is 0. The molecule has 1 aliphatic heterocycles. The van der Waals surface area contributed by atoms with Gasteiger partial charge < -0.3 is 9.67 Å². The van der Waals surface area contributed by atoms with E-state index in [1.165, 1.54) is 5.52 Å². The first-order chi connectivity index (χ1) is 12.8.